The average molecular weight is 263 g/mol. The van der Waals surface area contributed by atoms with Crippen LogP contribution in [0.2, 0.25) is 5.02 Å². The van der Waals surface area contributed by atoms with Gasteiger partial charge in [-0.2, -0.15) is 0 Å². The lowest BCUT2D eigenvalue weighted by Crippen LogP contribution is -2.28. The minimum atomic E-state index is -0.207. The molecule has 0 nitrogen and oxygen atoms in total. The molecular weight excluding hydrogens is 246 g/mol. The molecular formula is C13H17Cl2F. The van der Waals surface area contributed by atoms with Gasteiger partial charge in [0.1, 0.15) is 5.82 Å². The van der Waals surface area contributed by atoms with Gasteiger partial charge in [-0.1, -0.05) is 32.4 Å². The van der Waals surface area contributed by atoms with E-state index in [4.69, 9.17) is 23.2 Å². The Morgan fingerprint density at radius 2 is 2.00 bits per heavy atom. The molecule has 0 heterocycles. The Labute approximate surface area is 107 Å². The minimum Gasteiger partial charge on any atom is -0.207 e. The van der Waals surface area contributed by atoms with Crippen LogP contribution in [0.25, 0.3) is 0 Å². The third kappa shape index (κ3) is 3.11. The summed E-state index contributed by atoms with van der Waals surface area (Å²) in [5, 5.41) is 0.567. The molecule has 0 saturated carbocycles. The topological polar surface area (TPSA) is 0 Å². The first-order valence-electron chi connectivity index (χ1n) is 5.39. The Kier molecular flexibility index (Phi) is 4.63. The van der Waals surface area contributed by atoms with Crippen LogP contribution in [0.5, 0.6) is 0 Å². The molecule has 1 unspecified atom stereocenters. The molecule has 1 atom stereocenters. The number of benzene rings is 1. The normalized spacial score (nSPS) is 15.2. The SMILES string of the molecule is CC(C)C(C)(CCl)Cc1cc(Cl)ccc1F. The fourth-order valence-corrected chi connectivity index (χ4v) is 2.12. The van der Waals surface area contributed by atoms with E-state index in [0.717, 1.165) is 0 Å². The molecule has 1 aromatic carbocycles. The van der Waals surface area contributed by atoms with Crippen LogP contribution in [0.1, 0.15) is 26.3 Å². The lowest BCUT2D eigenvalue weighted by Gasteiger charge is -2.32. The predicted molar refractivity (Wildman–Crippen MR) is 68.8 cm³/mol. The lowest BCUT2D eigenvalue weighted by atomic mass is 9.76. The molecule has 1 rings (SSSR count). The van der Waals surface area contributed by atoms with E-state index in [1.54, 1.807) is 12.1 Å². The first-order valence-corrected chi connectivity index (χ1v) is 6.30. The Morgan fingerprint density at radius 3 is 2.50 bits per heavy atom. The standard InChI is InChI=1S/C13H17Cl2F/c1-9(2)13(3,8-14)7-10-6-11(15)4-5-12(10)16/h4-6,9H,7-8H2,1-3H3. The molecule has 0 amide bonds. The molecule has 0 spiro atoms. The van der Waals surface area contributed by atoms with Gasteiger partial charge in [0.05, 0.1) is 0 Å². The molecule has 0 radical (unpaired) electrons. The number of halogens is 3. The third-order valence-electron chi connectivity index (χ3n) is 3.30. The molecule has 3 heteroatoms. The van der Waals surface area contributed by atoms with Gasteiger partial charge in [-0.25, -0.2) is 4.39 Å². The maximum absolute atomic E-state index is 13.6. The second kappa shape index (κ2) is 5.37. The van der Waals surface area contributed by atoms with E-state index in [1.165, 1.54) is 6.07 Å². The average Bonchev–Trinajstić information content (AvgIpc) is 2.23. The summed E-state index contributed by atoms with van der Waals surface area (Å²) in [4.78, 5) is 0. The van der Waals surface area contributed by atoms with Crippen molar-refractivity contribution in [2.75, 3.05) is 5.88 Å². The van der Waals surface area contributed by atoms with Crippen LogP contribution in [0.4, 0.5) is 4.39 Å². The molecule has 0 aliphatic carbocycles. The molecule has 90 valence electrons. The summed E-state index contributed by atoms with van der Waals surface area (Å²) >= 11 is 11.9. The zero-order valence-corrected chi connectivity index (χ0v) is 11.4. The fourth-order valence-electron chi connectivity index (χ4n) is 1.52. The van der Waals surface area contributed by atoms with Crippen LogP contribution >= 0.6 is 23.2 Å². The highest BCUT2D eigenvalue weighted by Crippen LogP contribution is 2.34. The van der Waals surface area contributed by atoms with E-state index in [1.807, 2.05) is 0 Å². The lowest BCUT2D eigenvalue weighted by molar-refractivity contribution is 0.250. The Hall–Kier alpha value is -0.270. The molecule has 1 aromatic rings. The number of hydrogen-bond donors (Lipinski definition) is 0. The van der Waals surface area contributed by atoms with E-state index < -0.39 is 0 Å². The van der Waals surface area contributed by atoms with Gasteiger partial charge in [0, 0.05) is 10.9 Å². The van der Waals surface area contributed by atoms with E-state index in [-0.39, 0.29) is 11.2 Å². The van der Waals surface area contributed by atoms with Crippen molar-refractivity contribution < 1.29 is 4.39 Å². The van der Waals surface area contributed by atoms with Crippen LogP contribution in [0, 0.1) is 17.2 Å². The fraction of sp³-hybridized carbons (Fsp3) is 0.538. The molecule has 0 N–H and O–H groups in total. The Balaban J connectivity index is 2.98. The summed E-state index contributed by atoms with van der Waals surface area (Å²) < 4.78 is 13.6. The minimum absolute atomic E-state index is 0.104. The molecule has 0 saturated heterocycles. The molecule has 0 fully saturated rings. The van der Waals surface area contributed by atoms with Crippen molar-refractivity contribution in [1.82, 2.24) is 0 Å². The number of alkyl halides is 1. The molecule has 16 heavy (non-hydrogen) atoms. The zero-order chi connectivity index (χ0) is 12.3. The zero-order valence-electron chi connectivity index (χ0n) is 9.86. The van der Waals surface area contributed by atoms with Crippen LogP contribution < -0.4 is 0 Å². The van der Waals surface area contributed by atoms with E-state index in [9.17, 15) is 4.39 Å². The largest absolute Gasteiger partial charge is 0.207 e. The highest BCUT2D eigenvalue weighted by molar-refractivity contribution is 6.30. The van der Waals surface area contributed by atoms with Gasteiger partial charge < -0.3 is 0 Å². The van der Waals surface area contributed by atoms with Crippen LogP contribution in [0.15, 0.2) is 18.2 Å². The van der Waals surface area contributed by atoms with Gasteiger partial charge in [0.2, 0.25) is 0 Å². The number of rotatable bonds is 4. The van der Waals surface area contributed by atoms with Gasteiger partial charge in [-0.3, -0.25) is 0 Å². The maximum atomic E-state index is 13.6. The van der Waals surface area contributed by atoms with Gasteiger partial charge in [-0.05, 0) is 41.5 Å². The summed E-state index contributed by atoms with van der Waals surface area (Å²) in [5.41, 5.74) is 0.539. The van der Waals surface area contributed by atoms with Crippen molar-refractivity contribution in [3.63, 3.8) is 0 Å². The molecule has 0 bridgehead atoms. The highest BCUT2D eigenvalue weighted by atomic mass is 35.5. The summed E-state index contributed by atoms with van der Waals surface area (Å²) in [7, 11) is 0. The van der Waals surface area contributed by atoms with E-state index in [0.29, 0.717) is 28.8 Å². The highest BCUT2D eigenvalue weighted by Gasteiger charge is 2.28. The van der Waals surface area contributed by atoms with Crippen molar-refractivity contribution in [3.05, 3.63) is 34.6 Å². The number of hydrogen-bond acceptors (Lipinski definition) is 0. The summed E-state index contributed by atoms with van der Waals surface area (Å²) in [6, 6.07) is 4.66. The third-order valence-corrected chi connectivity index (χ3v) is 4.15. The van der Waals surface area contributed by atoms with Gasteiger partial charge in [-0.15, -0.1) is 11.6 Å². The first kappa shape index (κ1) is 13.8. The molecule has 0 aliphatic rings. The van der Waals surface area contributed by atoms with Crippen LogP contribution in [-0.2, 0) is 6.42 Å². The smallest absolute Gasteiger partial charge is 0.126 e. The van der Waals surface area contributed by atoms with Crippen molar-refractivity contribution in [3.8, 4) is 0 Å². The summed E-state index contributed by atoms with van der Waals surface area (Å²) in [5.74, 6) is 0.696. The first-order chi connectivity index (χ1) is 7.39. The van der Waals surface area contributed by atoms with Crippen LogP contribution in [0.3, 0.4) is 0 Å². The Bertz CT molecular complexity index is 363. The molecule has 0 aromatic heterocycles. The van der Waals surface area contributed by atoms with Gasteiger partial charge in [0.15, 0.2) is 0 Å². The van der Waals surface area contributed by atoms with Gasteiger partial charge >= 0.3 is 0 Å². The summed E-state index contributed by atoms with van der Waals surface area (Å²) in [6.45, 7) is 6.28. The monoisotopic (exact) mass is 262 g/mol. The van der Waals surface area contributed by atoms with E-state index >= 15 is 0 Å². The maximum Gasteiger partial charge on any atom is 0.126 e. The summed E-state index contributed by atoms with van der Waals surface area (Å²) in [6.07, 6.45) is 0.612. The van der Waals surface area contributed by atoms with Crippen LogP contribution in [-0.4, -0.2) is 5.88 Å². The second-order valence-corrected chi connectivity index (χ2v) is 5.56. The van der Waals surface area contributed by atoms with Gasteiger partial charge in [0.25, 0.3) is 0 Å². The second-order valence-electron chi connectivity index (χ2n) is 4.85. The quantitative estimate of drug-likeness (QED) is 0.676. The van der Waals surface area contributed by atoms with Crippen molar-refractivity contribution in [2.24, 2.45) is 11.3 Å². The van der Waals surface area contributed by atoms with Crippen molar-refractivity contribution >= 4 is 23.2 Å². The molecule has 0 aliphatic heterocycles. The Morgan fingerprint density at radius 1 is 1.38 bits per heavy atom. The van der Waals surface area contributed by atoms with E-state index in [2.05, 4.69) is 20.8 Å². The predicted octanol–water partition coefficient (Wildman–Crippen LogP) is 4.92. The van der Waals surface area contributed by atoms with Crippen molar-refractivity contribution in [2.45, 2.75) is 27.2 Å². The van der Waals surface area contributed by atoms with Crippen molar-refractivity contribution in [1.29, 1.82) is 0 Å².